The molecule has 1 aromatic carbocycles. The second-order valence-electron chi connectivity index (χ2n) is 8.22. The molecule has 0 aliphatic heterocycles. The maximum atomic E-state index is 10.9. The molecule has 3 heteroatoms. The molecular weight excluding hydrogens is 310 g/mol. The van der Waals surface area contributed by atoms with Crippen LogP contribution in [0.1, 0.15) is 85.3 Å². The number of unbranched alkanes of at least 4 members (excludes halogenated alkanes) is 1. The first kappa shape index (κ1) is 21.5. The van der Waals surface area contributed by atoms with Gasteiger partial charge < -0.3 is 10.1 Å². The number of rotatable bonds is 10. The van der Waals surface area contributed by atoms with Crippen molar-refractivity contribution < 1.29 is 9.53 Å². The van der Waals surface area contributed by atoms with Crippen LogP contribution in [0.2, 0.25) is 0 Å². The van der Waals surface area contributed by atoms with Gasteiger partial charge in [-0.3, -0.25) is 4.79 Å². The summed E-state index contributed by atoms with van der Waals surface area (Å²) in [5, 5.41) is 2.82. The van der Waals surface area contributed by atoms with Gasteiger partial charge in [0.1, 0.15) is 5.75 Å². The third-order valence-electron chi connectivity index (χ3n) is 5.46. The Morgan fingerprint density at radius 2 is 1.68 bits per heavy atom. The standard InChI is InChI=1S/C22H37NO2/c1-8-21(4,5)18-12-13-20(19(16-18)22(6,7)9-2)25-15-11-10-14-23-17(3)24/h12-13,16H,8-11,14-15H2,1-7H3,(H,23,24). The van der Waals surface area contributed by atoms with E-state index in [1.54, 1.807) is 6.92 Å². The Balaban J connectivity index is 2.86. The molecule has 0 unspecified atom stereocenters. The Kier molecular flexibility index (Phi) is 7.98. The van der Waals surface area contributed by atoms with E-state index < -0.39 is 0 Å². The Hall–Kier alpha value is -1.51. The first-order valence-electron chi connectivity index (χ1n) is 9.66. The molecule has 0 aromatic heterocycles. The van der Waals surface area contributed by atoms with Crippen LogP contribution in [0.25, 0.3) is 0 Å². The molecule has 142 valence electrons. The van der Waals surface area contributed by atoms with Gasteiger partial charge in [0.25, 0.3) is 0 Å². The average molecular weight is 348 g/mol. The van der Waals surface area contributed by atoms with Crippen molar-refractivity contribution in [2.75, 3.05) is 13.2 Å². The molecule has 1 amide bonds. The molecule has 0 fully saturated rings. The van der Waals surface area contributed by atoms with Gasteiger partial charge in [0.15, 0.2) is 0 Å². The topological polar surface area (TPSA) is 38.3 Å². The highest BCUT2D eigenvalue weighted by atomic mass is 16.5. The predicted molar refractivity (Wildman–Crippen MR) is 106 cm³/mol. The lowest BCUT2D eigenvalue weighted by molar-refractivity contribution is -0.118. The number of nitrogens with one attached hydrogen (secondary N) is 1. The monoisotopic (exact) mass is 347 g/mol. The highest BCUT2D eigenvalue weighted by Crippen LogP contribution is 2.38. The summed E-state index contributed by atoms with van der Waals surface area (Å²) < 4.78 is 6.12. The third kappa shape index (κ3) is 6.37. The molecule has 3 nitrogen and oxygen atoms in total. The van der Waals surface area contributed by atoms with E-state index >= 15 is 0 Å². The zero-order chi connectivity index (χ0) is 19.1. The van der Waals surface area contributed by atoms with Gasteiger partial charge in [0.2, 0.25) is 5.91 Å². The van der Waals surface area contributed by atoms with Crippen molar-refractivity contribution in [3.63, 3.8) is 0 Å². The normalized spacial score (nSPS) is 12.1. The quantitative estimate of drug-likeness (QED) is 0.579. The van der Waals surface area contributed by atoms with E-state index in [0.29, 0.717) is 6.61 Å². The molecule has 0 aliphatic rings. The van der Waals surface area contributed by atoms with Gasteiger partial charge >= 0.3 is 0 Å². The number of carbonyl (C=O) groups excluding carboxylic acids is 1. The first-order valence-corrected chi connectivity index (χ1v) is 9.66. The van der Waals surface area contributed by atoms with Gasteiger partial charge in [-0.05, 0) is 48.1 Å². The van der Waals surface area contributed by atoms with Crippen molar-refractivity contribution in [2.24, 2.45) is 0 Å². The minimum Gasteiger partial charge on any atom is -0.493 e. The SMILES string of the molecule is CCC(C)(C)c1ccc(OCCCCNC(C)=O)c(C(C)(C)CC)c1. The Morgan fingerprint density at radius 1 is 1.04 bits per heavy atom. The van der Waals surface area contributed by atoms with E-state index in [1.165, 1.54) is 11.1 Å². The van der Waals surface area contributed by atoms with Crippen LogP contribution in [0.4, 0.5) is 0 Å². The van der Waals surface area contributed by atoms with Gasteiger partial charge in [0.05, 0.1) is 6.61 Å². The molecule has 0 heterocycles. The fourth-order valence-corrected chi connectivity index (χ4v) is 2.67. The zero-order valence-corrected chi connectivity index (χ0v) is 17.3. The molecule has 0 radical (unpaired) electrons. The highest BCUT2D eigenvalue weighted by Gasteiger charge is 2.26. The summed E-state index contributed by atoms with van der Waals surface area (Å²) in [4.78, 5) is 10.9. The number of benzene rings is 1. The summed E-state index contributed by atoms with van der Waals surface area (Å²) in [6.07, 6.45) is 4.06. The van der Waals surface area contributed by atoms with Crippen molar-refractivity contribution in [1.82, 2.24) is 5.32 Å². The van der Waals surface area contributed by atoms with Crippen LogP contribution >= 0.6 is 0 Å². The molecule has 1 N–H and O–H groups in total. The Bertz CT molecular complexity index is 561. The van der Waals surface area contributed by atoms with Crippen LogP contribution in [0.15, 0.2) is 18.2 Å². The summed E-state index contributed by atoms with van der Waals surface area (Å²) in [5.41, 5.74) is 2.95. The van der Waals surface area contributed by atoms with Gasteiger partial charge in [0, 0.05) is 19.0 Å². The van der Waals surface area contributed by atoms with Crippen LogP contribution in [-0.4, -0.2) is 19.1 Å². The third-order valence-corrected chi connectivity index (χ3v) is 5.46. The van der Waals surface area contributed by atoms with E-state index in [0.717, 1.165) is 38.0 Å². The minimum absolute atomic E-state index is 0.0297. The first-order chi connectivity index (χ1) is 11.6. The average Bonchev–Trinajstić information content (AvgIpc) is 2.57. The van der Waals surface area contributed by atoms with E-state index in [9.17, 15) is 4.79 Å². The van der Waals surface area contributed by atoms with Crippen molar-refractivity contribution in [3.05, 3.63) is 29.3 Å². The van der Waals surface area contributed by atoms with E-state index in [1.807, 2.05) is 0 Å². The second-order valence-corrected chi connectivity index (χ2v) is 8.22. The lowest BCUT2D eigenvalue weighted by Gasteiger charge is -2.30. The fourth-order valence-electron chi connectivity index (χ4n) is 2.67. The molecule has 0 atom stereocenters. The summed E-state index contributed by atoms with van der Waals surface area (Å²) in [5.74, 6) is 1.03. The smallest absolute Gasteiger partial charge is 0.216 e. The second kappa shape index (κ2) is 9.26. The highest BCUT2D eigenvalue weighted by molar-refractivity contribution is 5.72. The van der Waals surface area contributed by atoms with Crippen molar-refractivity contribution in [2.45, 2.75) is 85.0 Å². The fraction of sp³-hybridized carbons (Fsp3) is 0.682. The number of carbonyl (C=O) groups is 1. The van der Waals surface area contributed by atoms with E-state index in [4.69, 9.17) is 4.74 Å². The minimum atomic E-state index is 0.0297. The van der Waals surface area contributed by atoms with Gasteiger partial charge in [-0.1, -0.05) is 53.7 Å². The summed E-state index contributed by atoms with van der Waals surface area (Å²) in [7, 11) is 0. The maximum absolute atomic E-state index is 10.9. The van der Waals surface area contributed by atoms with Crippen LogP contribution in [0, 0.1) is 0 Å². The number of amides is 1. The van der Waals surface area contributed by atoms with E-state index in [2.05, 4.69) is 65.1 Å². The number of hydrogen-bond donors (Lipinski definition) is 1. The molecule has 0 saturated heterocycles. The van der Waals surface area contributed by atoms with Crippen molar-refractivity contribution in [1.29, 1.82) is 0 Å². The molecule has 0 spiro atoms. The van der Waals surface area contributed by atoms with Crippen LogP contribution in [0.5, 0.6) is 5.75 Å². The molecule has 0 aliphatic carbocycles. The number of hydrogen-bond acceptors (Lipinski definition) is 2. The predicted octanol–water partition coefficient (Wildman–Crippen LogP) is 5.36. The largest absolute Gasteiger partial charge is 0.493 e. The summed E-state index contributed by atoms with van der Waals surface area (Å²) in [6, 6.07) is 6.71. The maximum Gasteiger partial charge on any atom is 0.216 e. The molecule has 1 rings (SSSR count). The van der Waals surface area contributed by atoms with Gasteiger partial charge in [-0.25, -0.2) is 0 Å². The van der Waals surface area contributed by atoms with Crippen LogP contribution in [-0.2, 0) is 15.6 Å². The zero-order valence-electron chi connectivity index (χ0n) is 17.3. The van der Waals surface area contributed by atoms with E-state index in [-0.39, 0.29) is 16.7 Å². The Morgan fingerprint density at radius 3 is 2.24 bits per heavy atom. The molecular formula is C22H37NO2. The molecule has 25 heavy (non-hydrogen) atoms. The van der Waals surface area contributed by atoms with Crippen molar-refractivity contribution >= 4 is 5.91 Å². The summed E-state index contributed by atoms with van der Waals surface area (Å²) in [6.45, 7) is 16.6. The number of ether oxygens (including phenoxy) is 1. The van der Waals surface area contributed by atoms with Gasteiger partial charge in [-0.2, -0.15) is 0 Å². The Labute approximate surface area is 154 Å². The molecule has 0 saturated carbocycles. The lowest BCUT2D eigenvalue weighted by Crippen LogP contribution is -2.22. The lowest BCUT2D eigenvalue weighted by atomic mass is 9.76. The van der Waals surface area contributed by atoms with Crippen LogP contribution in [0.3, 0.4) is 0 Å². The summed E-state index contributed by atoms with van der Waals surface area (Å²) >= 11 is 0. The van der Waals surface area contributed by atoms with Crippen LogP contribution < -0.4 is 10.1 Å². The van der Waals surface area contributed by atoms with Gasteiger partial charge in [-0.15, -0.1) is 0 Å². The molecule has 1 aromatic rings. The van der Waals surface area contributed by atoms with Crippen molar-refractivity contribution in [3.8, 4) is 5.75 Å². The molecule has 0 bridgehead atoms.